The number of aromatic hydroxyl groups is 1. The average Bonchev–Trinajstić information content (AvgIpc) is 2.38. The Kier molecular flexibility index (Phi) is 4.00. The fourth-order valence-corrected chi connectivity index (χ4v) is 1.86. The van der Waals surface area contributed by atoms with E-state index in [1.54, 1.807) is 0 Å². The van der Waals surface area contributed by atoms with E-state index in [2.05, 4.69) is 0 Å². The summed E-state index contributed by atoms with van der Waals surface area (Å²) in [7, 11) is 0. The number of phenols is 1. The SMILES string of the molecule is O=C(NC(=O)c1c(F)cccc1Cl)c1ccccc1O. The first-order chi connectivity index (χ1) is 9.50. The molecule has 20 heavy (non-hydrogen) atoms. The molecule has 6 heteroatoms. The van der Waals surface area contributed by atoms with Gasteiger partial charge in [-0.2, -0.15) is 0 Å². The second kappa shape index (κ2) is 5.71. The van der Waals surface area contributed by atoms with Crippen LogP contribution in [0.5, 0.6) is 5.75 Å². The van der Waals surface area contributed by atoms with E-state index in [1.807, 2.05) is 5.32 Å². The molecule has 0 radical (unpaired) electrons. The van der Waals surface area contributed by atoms with E-state index in [-0.39, 0.29) is 16.3 Å². The summed E-state index contributed by atoms with van der Waals surface area (Å²) >= 11 is 5.72. The summed E-state index contributed by atoms with van der Waals surface area (Å²) in [5.41, 5.74) is -0.508. The fraction of sp³-hybridized carbons (Fsp3) is 0. The lowest BCUT2D eigenvalue weighted by atomic mass is 10.1. The molecular weight excluding hydrogens is 285 g/mol. The standard InChI is InChI=1S/C14H9ClFNO3/c15-9-5-3-6-10(16)12(9)14(20)17-13(19)8-4-1-2-7-11(8)18/h1-7,18H,(H,17,19,20). The summed E-state index contributed by atoms with van der Waals surface area (Å²) in [5.74, 6) is -2.92. The highest BCUT2D eigenvalue weighted by Gasteiger charge is 2.20. The van der Waals surface area contributed by atoms with Gasteiger partial charge in [-0.15, -0.1) is 0 Å². The molecule has 0 atom stereocenters. The number of halogens is 2. The van der Waals surface area contributed by atoms with E-state index in [1.165, 1.54) is 36.4 Å². The third-order valence-corrected chi connectivity index (χ3v) is 2.88. The number of benzene rings is 2. The van der Waals surface area contributed by atoms with Crippen LogP contribution in [0.1, 0.15) is 20.7 Å². The lowest BCUT2D eigenvalue weighted by Crippen LogP contribution is -2.31. The smallest absolute Gasteiger partial charge is 0.262 e. The molecule has 2 rings (SSSR count). The van der Waals surface area contributed by atoms with Gasteiger partial charge in [0.1, 0.15) is 11.6 Å². The van der Waals surface area contributed by atoms with Gasteiger partial charge in [0.25, 0.3) is 11.8 Å². The van der Waals surface area contributed by atoms with Crippen LogP contribution >= 0.6 is 11.6 Å². The number of carbonyl (C=O) groups excluding carboxylic acids is 2. The van der Waals surface area contributed by atoms with Gasteiger partial charge in [0.05, 0.1) is 16.1 Å². The van der Waals surface area contributed by atoms with Gasteiger partial charge in [0.15, 0.2) is 0 Å². The fourth-order valence-electron chi connectivity index (χ4n) is 1.61. The zero-order chi connectivity index (χ0) is 14.7. The normalized spacial score (nSPS) is 10.1. The van der Waals surface area contributed by atoms with Gasteiger partial charge in [-0.25, -0.2) is 4.39 Å². The van der Waals surface area contributed by atoms with Gasteiger partial charge in [0.2, 0.25) is 0 Å². The van der Waals surface area contributed by atoms with Crippen molar-refractivity contribution in [3.63, 3.8) is 0 Å². The number of hydrogen-bond donors (Lipinski definition) is 2. The lowest BCUT2D eigenvalue weighted by Gasteiger charge is -2.07. The Bertz CT molecular complexity index is 668. The van der Waals surface area contributed by atoms with Gasteiger partial charge in [-0.3, -0.25) is 14.9 Å². The Hall–Kier alpha value is -2.40. The maximum absolute atomic E-state index is 13.5. The van der Waals surface area contributed by atoms with E-state index in [9.17, 15) is 19.1 Å². The van der Waals surface area contributed by atoms with E-state index in [0.29, 0.717) is 0 Å². The van der Waals surface area contributed by atoms with Crippen molar-refractivity contribution in [1.29, 1.82) is 0 Å². The van der Waals surface area contributed by atoms with Crippen molar-refractivity contribution >= 4 is 23.4 Å². The molecule has 2 N–H and O–H groups in total. The number of rotatable bonds is 2. The topological polar surface area (TPSA) is 66.4 Å². The molecule has 2 aromatic carbocycles. The van der Waals surface area contributed by atoms with Crippen LogP contribution in [-0.2, 0) is 0 Å². The Morgan fingerprint density at radius 1 is 1.05 bits per heavy atom. The first-order valence-electron chi connectivity index (χ1n) is 5.58. The quantitative estimate of drug-likeness (QED) is 0.837. The average molecular weight is 294 g/mol. The highest BCUT2D eigenvalue weighted by molar-refractivity contribution is 6.34. The number of para-hydroxylation sites is 1. The minimum Gasteiger partial charge on any atom is -0.507 e. The van der Waals surface area contributed by atoms with Crippen LogP contribution in [0.15, 0.2) is 42.5 Å². The highest BCUT2D eigenvalue weighted by Crippen LogP contribution is 2.20. The summed E-state index contributed by atoms with van der Waals surface area (Å²) in [6.45, 7) is 0. The third kappa shape index (κ3) is 2.78. The first-order valence-corrected chi connectivity index (χ1v) is 5.96. The minimum atomic E-state index is -0.971. The van der Waals surface area contributed by atoms with E-state index >= 15 is 0 Å². The Morgan fingerprint density at radius 2 is 1.75 bits per heavy atom. The van der Waals surface area contributed by atoms with Crippen LogP contribution < -0.4 is 5.32 Å². The number of hydrogen-bond acceptors (Lipinski definition) is 3. The molecule has 2 amide bonds. The highest BCUT2D eigenvalue weighted by atomic mass is 35.5. The van der Waals surface area contributed by atoms with Crippen molar-refractivity contribution in [2.45, 2.75) is 0 Å². The monoisotopic (exact) mass is 293 g/mol. The Balaban J connectivity index is 2.25. The number of imide groups is 1. The lowest BCUT2D eigenvalue weighted by molar-refractivity contribution is 0.0846. The van der Waals surface area contributed by atoms with Crippen molar-refractivity contribution in [2.75, 3.05) is 0 Å². The number of phenolic OH excluding ortho intramolecular Hbond substituents is 1. The number of nitrogens with one attached hydrogen (secondary N) is 1. The summed E-state index contributed by atoms with van der Waals surface area (Å²) in [4.78, 5) is 23.7. The number of amides is 2. The predicted octanol–water partition coefficient (Wildman–Crippen LogP) is 2.75. The van der Waals surface area contributed by atoms with Crippen LogP contribution in [0.4, 0.5) is 4.39 Å². The van der Waals surface area contributed by atoms with Gasteiger partial charge in [-0.1, -0.05) is 29.8 Å². The van der Waals surface area contributed by atoms with Crippen LogP contribution in [0.3, 0.4) is 0 Å². The van der Waals surface area contributed by atoms with E-state index < -0.39 is 23.2 Å². The van der Waals surface area contributed by atoms with E-state index in [4.69, 9.17) is 11.6 Å². The zero-order valence-electron chi connectivity index (χ0n) is 10.1. The van der Waals surface area contributed by atoms with Crippen molar-refractivity contribution in [3.05, 3.63) is 64.4 Å². The molecule has 0 bridgehead atoms. The van der Waals surface area contributed by atoms with Crippen molar-refractivity contribution in [2.24, 2.45) is 0 Å². The summed E-state index contributed by atoms with van der Waals surface area (Å²) < 4.78 is 13.5. The maximum Gasteiger partial charge on any atom is 0.262 e. The molecule has 0 spiro atoms. The van der Waals surface area contributed by atoms with Crippen LogP contribution in [0, 0.1) is 5.82 Å². The first kappa shape index (κ1) is 14.0. The molecular formula is C14H9ClFNO3. The molecule has 0 aliphatic rings. The maximum atomic E-state index is 13.5. The molecule has 4 nitrogen and oxygen atoms in total. The van der Waals surface area contributed by atoms with Gasteiger partial charge >= 0.3 is 0 Å². The zero-order valence-corrected chi connectivity index (χ0v) is 10.8. The molecule has 102 valence electrons. The Labute approximate surface area is 118 Å². The molecule has 0 aliphatic heterocycles. The largest absolute Gasteiger partial charge is 0.507 e. The minimum absolute atomic E-state index is 0.0895. The molecule has 0 fully saturated rings. The van der Waals surface area contributed by atoms with Crippen molar-refractivity contribution in [3.8, 4) is 5.75 Å². The van der Waals surface area contributed by atoms with Crippen molar-refractivity contribution < 1.29 is 19.1 Å². The van der Waals surface area contributed by atoms with Crippen LogP contribution in [-0.4, -0.2) is 16.9 Å². The number of carbonyl (C=O) groups is 2. The van der Waals surface area contributed by atoms with Crippen LogP contribution in [0.25, 0.3) is 0 Å². The van der Waals surface area contributed by atoms with Gasteiger partial charge in [0, 0.05) is 0 Å². The molecule has 0 heterocycles. The molecule has 0 aliphatic carbocycles. The summed E-state index contributed by atoms with van der Waals surface area (Å²) in [5, 5.41) is 11.4. The van der Waals surface area contributed by atoms with E-state index in [0.717, 1.165) is 6.07 Å². The second-order valence-electron chi connectivity index (χ2n) is 3.90. The molecule has 2 aromatic rings. The third-order valence-electron chi connectivity index (χ3n) is 2.57. The van der Waals surface area contributed by atoms with Crippen molar-refractivity contribution in [1.82, 2.24) is 5.32 Å². The van der Waals surface area contributed by atoms with Gasteiger partial charge in [-0.05, 0) is 24.3 Å². The second-order valence-corrected chi connectivity index (χ2v) is 4.30. The molecule has 0 aromatic heterocycles. The van der Waals surface area contributed by atoms with Gasteiger partial charge < -0.3 is 5.11 Å². The summed E-state index contributed by atoms with van der Waals surface area (Å²) in [6.07, 6.45) is 0. The predicted molar refractivity (Wildman–Crippen MR) is 71.3 cm³/mol. The molecule has 0 saturated heterocycles. The molecule has 0 saturated carbocycles. The van der Waals surface area contributed by atoms with Crippen LogP contribution in [0.2, 0.25) is 5.02 Å². The Morgan fingerprint density at radius 3 is 2.40 bits per heavy atom. The molecule has 0 unspecified atom stereocenters. The summed E-state index contributed by atoms with van der Waals surface area (Å²) in [6, 6.07) is 9.43.